The van der Waals surface area contributed by atoms with Gasteiger partial charge in [-0.05, 0) is 37.1 Å². The Morgan fingerprint density at radius 3 is 1.33 bits per heavy atom. The molecule has 0 saturated heterocycles. The first-order chi connectivity index (χ1) is 17.0. The van der Waals surface area contributed by atoms with Crippen LogP contribution in [0.15, 0.2) is 44.4 Å². The van der Waals surface area contributed by atoms with E-state index in [1.165, 1.54) is 0 Å². The van der Waals surface area contributed by atoms with Crippen LogP contribution >= 0.6 is 23.5 Å². The van der Waals surface area contributed by atoms with Gasteiger partial charge in [-0.15, -0.1) is 0 Å². The monoisotopic (exact) mass is 584 g/mol. The molecular formula is C20H28N2O10S4. The van der Waals surface area contributed by atoms with Gasteiger partial charge in [-0.25, -0.2) is 9.59 Å². The van der Waals surface area contributed by atoms with Gasteiger partial charge in [0.1, 0.15) is 0 Å². The minimum absolute atomic E-state index is 0.244. The van der Waals surface area contributed by atoms with Crippen molar-refractivity contribution in [3.8, 4) is 0 Å². The van der Waals surface area contributed by atoms with E-state index in [0.717, 1.165) is 37.7 Å². The maximum atomic E-state index is 12.0. The van der Waals surface area contributed by atoms with Crippen molar-refractivity contribution in [1.82, 2.24) is 0 Å². The van der Waals surface area contributed by atoms with E-state index in [2.05, 4.69) is 28.4 Å². The molecule has 0 N–H and O–H groups in total. The maximum absolute atomic E-state index is 12.0. The van der Waals surface area contributed by atoms with Gasteiger partial charge in [0.2, 0.25) is 10.1 Å². The number of oxime groups is 2. The molecule has 0 aliphatic carbocycles. The van der Waals surface area contributed by atoms with Crippen molar-refractivity contribution in [2.45, 2.75) is 49.3 Å². The molecule has 36 heavy (non-hydrogen) atoms. The number of rotatable bonds is 12. The molecule has 0 aliphatic rings. The number of carbonyl (C=O) groups is 2. The minimum atomic E-state index is -3.95. The van der Waals surface area contributed by atoms with Crippen LogP contribution < -0.4 is 0 Å². The number of hydrogen-bond donors (Lipinski definition) is 0. The Morgan fingerprint density at radius 1 is 0.722 bits per heavy atom. The summed E-state index contributed by atoms with van der Waals surface area (Å²) >= 11 is 1.59. The molecule has 0 saturated carbocycles. The predicted octanol–water partition coefficient (Wildman–Crippen LogP) is 3.14. The van der Waals surface area contributed by atoms with Crippen LogP contribution in [0.4, 0.5) is 0 Å². The van der Waals surface area contributed by atoms with Gasteiger partial charge >= 0.3 is 32.2 Å². The van der Waals surface area contributed by atoms with Gasteiger partial charge in [0.15, 0.2) is 0 Å². The lowest BCUT2D eigenvalue weighted by Crippen LogP contribution is -2.15. The number of unbranched alkanes of at least 4 members (excludes halogenated alkanes) is 2. The molecule has 12 nitrogen and oxygen atoms in total. The molecule has 0 aliphatic heterocycles. The fourth-order valence-electron chi connectivity index (χ4n) is 2.07. The molecule has 0 fully saturated rings. The van der Waals surface area contributed by atoms with Gasteiger partial charge in [0, 0.05) is 9.79 Å². The standard InChI is InChI=1S/C20H28N2O10S4/c1-5-7-13-35(25,26)31-21-17(19(23)29-3)33-15-9-11-16(12-10-15)34-18(20(24)30-4)22-32-36(27,28)14-8-6-2/h9-12H,5-8,13-14H2,1-4H3/b21-17-,22-18-. The van der Waals surface area contributed by atoms with Crippen LogP contribution in [-0.4, -0.2) is 64.6 Å². The van der Waals surface area contributed by atoms with E-state index in [9.17, 15) is 26.4 Å². The number of ether oxygens (including phenoxy) is 2. The number of benzene rings is 1. The summed E-state index contributed by atoms with van der Waals surface area (Å²) in [7, 11) is -5.67. The second-order valence-electron chi connectivity index (χ2n) is 6.83. The summed E-state index contributed by atoms with van der Waals surface area (Å²) in [6.07, 6.45) is 2.03. The van der Waals surface area contributed by atoms with E-state index in [1.807, 2.05) is 13.8 Å². The number of hydrogen-bond acceptors (Lipinski definition) is 14. The van der Waals surface area contributed by atoms with Crippen LogP contribution in [0.3, 0.4) is 0 Å². The number of esters is 2. The topological polar surface area (TPSA) is 164 Å². The fourth-order valence-corrected chi connectivity index (χ4v) is 5.44. The zero-order chi connectivity index (χ0) is 27.2. The third kappa shape index (κ3) is 12.1. The first-order valence-corrected chi connectivity index (χ1v) is 15.4. The van der Waals surface area contributed by atoms with E-state index in [-0.39, 0.29) is 21.6 Å². The molecule has 0 amide bonds. The maximum Gasteiger partial charge on any atom is 0.367 e. The van der Waals surface area contributed by atoms with Gasteiger partial charge < -0.3 is 9.47 Å². The molecule has 0 heterocycles. The quantitative estimate of drug-likeness (QED) is 0.116. The predicted molar refractivity (Wildman–Crippen MR) is 137 cm³/mol. The third-order valence-corrected chi connectivity index (χ3v) is 8.00. The molecule has 0 spiro atoms. The van der Waals surface area contributed by atoms with Crippen molar-refractivity contribution in [1.29, 1.82) is 0 Å². The average Bonchev–Trinajstić information content (AvgIpc) is 2.86. The minimum Gasteiger partial charge on any atom is -0.464 e. The Hall–Kier alpha value is -2.30. The molecule has 202 valence electrons. The van der Waals surface area contributed by atoms with Crippen molar-refractivity contribution < 1.29 is 44.5 Å². The smallest absolute Gasteiger partial charge is 0.367 e. The average molecular weight is 585 g/mol. The summed E-state index contributed by atoms with van der Waals surface area (Å²) in [6, 6.07) is 6.19. The summed E-state index contributed by atoms with van der Waals surface area (Å²) in [5.74, 6) is -2.28. The molecule has 16 heteroatoms. The highest BCUT2D eigenvalue weighted by atomic mass is 32.2. The first kappa shape index (κ1) is 31.7. The van der Waals surface area contributed by atoms with Crippen LogP contribution in [-0.2, 0) is 47.9 Å². The number of carbonyl (C=O) groups excluding carboxylic acids is 2. The van der Waals surface area contributed by atoms with Gasteiger partial charge in [-0.2, -0.15) is 16.8 Å². The SMILES string of the molecule is CCCCS(=O)(=O)O/N=C(\Sc1ccc(S/C(=N\OS(=O)(=O)CCCC)C(=O)OC)cc1)C(=O)OC. The largest absolute Gasteiger partial charge is 0.464 e. The van der Waals surface area contributed by atoms with E-state index < -0.39 is 32.2 Å². The summed E-state index contributed by atoms with van der Waals surface area (Å²) in [4.78, 5) is 24.9. The van der Waals surface area contributed by atoms with Gasteiger partial charge in [0.25, 0.3) is 0 Å². The summed E-state index contributed by atoms with van der Waals surface area (Å²) < 4.78 is 65.9. The van der Waals surface area contributed by atoms with Crippen LogP contribution in [0.5, 0.6) is 0 Å². The Bertz CT molecular complexity index is 1060. The number of thioether (sulfide) groups is 2. The van der Waals surface area contributed by atoms with E-state index >= 15 is 0 Å². The lowest BCUT2D eigenvalue weighted by Gasteiger charge is -2.07. The Labute approximate surface area is 219 Å². The molecule has 0 bridgehead atoms. The second kappa shape index (κ2) is 15.7. The van der Waals surface area contributed by atoms with Crippen LogP contribution in [0.1, 0.15) is 39.5 Å². The van der Waals surface area contributed by atoms with Crippen molar-refractivity contribution in [3.05, 3.63) is 24.3 Å². The van der Waals surface area contributed by atoms with Crippen molar-refractivity contribution in [3.63, 3.8) is 0 Å². The molecule has 0 atom stereocenters. The molecule has 1 rings (SSSR count). The van der Waals surface area contributed by atoms with Crippen molar-refractivity contribution in [2.75, 3.05) is 25.7 Å². The Kier molecular flexibility index (Phi) is 13.9. The first-order valence-electron chi connectivity index (χ1n) is 10.6. The van der Waals surface area contributed by atoms with E-state index in [1.54, 1.807) is 24.3 Å². The highest BCUT2D eigenvalue weighted by molar-refractivity contribution is 8.16. The van der Waals surface area contributed by atoms with Crippen molar-refractivity contribution >= 4 is 65.8 Å². The Morgan fingerprint density at radius 2 is 1.06 bits per heavy atom. The zero-order valence-electron chi connectivity index (χ0n) is 20.2. The van der Waals surface area contributed by atoms with Gasteiger partial charge in [-0.3, -0.25) is 8.57 Å². The highest BCUT2D eigenvalue weighted by Gasteiger charge is 2.20. The molecule has 0 aromatic heterocycles. The molecule has 0 unspecified atom stereocenters. The molecule has 1 aromatic carbocycles. The molecular weight excluding hydrogens is 556 g/mol. The van der Waals surface area contributed by atoms with Crippen LogP contribution in [0.2, 0.25) is 0 Å². The summed E-state index contributed by atoms with van der Waals surface area (Å²) in [5, 5.41) is 6.20. The summed E-state index contributed by atoms with van der Waals surface area (Å²) in [6.45, 7) is 3.64. The van der Waals surface area contributed by atoms with Gasteiger partial charge in [0.05, 0.1) is 25.7 Å². The lowest BCUT2D eigenvalue weighted by atomic mass is 10.4. The molecule has 0 radical (unpaired) electrons. The summed E-state index contributed by atoms with van der Waals surface area (Å²) in [5.41, 5.74) is 0. The molecule has 1 aromatic rings. The Balaban J connectivity index is 3.01. The van der Waals surface area contributed by atoms with E-state index in [4.69, 9.17) is 0 Å². The van der Waals surface area contributed by atoms with Gasteiger partial charge in [-0.1, -0.05) is 60.5 Å². The van der Waals surface area contributed by atoms with Crippen molar-refractivity contribution in [2.24, 2.45) is 10.3 Å². The normalized spacial score (nSPS) is 12.7. The second-order valence-corrected chi connectivity index (χ2v) is 12.3. The zero-order valence-corrected chi connectivity index (χ0v) is 23.4. The number of methoxy groups -OCH3 is 2. The van der Waals surface area contributed by atoms with Crippen LogP contribution in [0, 0.1) is 0 Å². The number of nitrogens with zero attached hydrogens (tertiary/aromatic N) is 2. The fraction of sp³-hybridized carbons (Fsp3) is 0.500. The lowest BCUT2D eigenvalue weighted by molar-refractivity contribution is -0.133. The third-order valence-electron chi connectivity index (χ3n) is 3.94. The highest BCUT2D eigenvalue weighted by Crippen LogP contribution is 2.26. The van der Waals surface area contributed by atoms with E-state index in [0.29, 0.717) is 35.5 Å². The van der Waals surface area contributed by atoms with Crippen LogP contribution in [0.25, 0.3) is 0 Å².